The molecule has 0 amide bonds. The van der Waals surface area contributed by atoms with Gasteiger partial charge in [-0.2, -0.15) is 0 Å². The Balaban J connectivity index is 1.55. The minimum Gasteiger partial charge on any atom is -0.384 e. The Hall–Kier alpha value is -1.13. The summed E-state index contributed by atoms with van der Waals surface area (Å²) in [5.41, 5.74) is 12.8. The number of nitrogens with zero attached hydrogens (tertiary/aromatic N) is 2. The Labute approximate surface area is 108 Å². The summed E-state index contributed by atoms with van der Waals surface area (Å²) in [6.45, 7) is 2.19. The number of nitrogen functional groups attached to an aromatic ring is 1. The van der Waals surface area contributed by atoms with Gasteiger partial charge in [-0.15, -0.1) is 0 Å². The Morgan fingerprint density at radius 3 is 2.39 bits per heavy atom. The van der Waals surface area contributed by atoms with Crippen LogP contribution in [0.3, 0.4) is 0 Å². The van der Waals surface area contributed by atoms with E-state index in [1.807, 2.05) is 12.3 Å². The molecule has 0 aromatic carbocycles. The number of anilines is 1. The Bertz CT molecular complexity index is 389. The second-order valence-corrected chi connectivity index (χ2v) is 5.74. The number of likely N-dealkylation sites (tertiary alicyclic amines) is 1. The quantitative estimate of drug-likeness (QED) is 0.826. The van der Waals surface area contributed by atoms with Crippen molar-refractivity contribution >= 4 is 5.82 Å². The van der Waals surface area contributed by atoms with Gasteiger partial charge in [-0.05, 0) is 43.2 Å². The molecule has 2 aliphatic rings. The highest BCUT2D eigenvalue weighted by molar-refractivity contribution is 5.31. The first kappa shape index (κ1) is 11.9. The van der Waals surface area contributed by atoms with E-state index in [1.54, 1.807) is 0 Å². The maximum atomic E-state index is 5.85. The molecule has 1 aliphatic carbocycles. The van der Waals surface area contributed by atoms with Crippen molar-refractivity contribution < 1.29 is 0 Å². The maximum Gasteiger partial charge on any atom is 0.123 e. The smallest absolute Gasteiger partial charge is 0.123 e. The third-order valence-corrected chi connectivity index (χ3v) is 4.43. The second-order valence-electron chi connectivity index (χ2n) is 5.74. The molecule has 1 saturated heterocycles. The van der Waals surface area contributed by atoms with Crippen molar-refractivity contribution in [1.82, 2.24) is 9.88 Å². The Morgan fingerprint density at radius 2 is 1.83 bits per heavy atom. The molecule has 0 unspecified atom stereocenters. The lowest BCUT2D eigenvalue weighted by Gasteiger charge is -2.45. The summed E-state index contributed by atoms with van der Waals surface area (Å²) in [5.74, 6) is 1.28. The number of hydrogen-bond acceptors (Lipinski definition) is 4. The van der Waals surface area contributed by atoms with E-state index in [2.05, 4.69) is 16.0 Å². The molecule has 1 aliphatic heterocycles. The van der Waals surface area contributed by atoms with E-state index in [0.29, 0.717) is 17.8 Å². The number of hydrogen-bond donors (Lipinski definition) is 2. The van der Waals surface area contributed by atoms with Crippen molar-refractivity contribution in [3.05, 3.63) is 23.9 Å². The molecule has 4 N–H and O–H groups in total. The van der Waals surface area contributed by atoms with E-state index in [1.165, 1.54) is 31.2 Å². The molecule has 0 bridgehead atoms. The van der Waals surface area contributed by atoms with Crippen LogP contribution in [0.4, 0.5) is 5.82 Å². The summed E-state index contributed by atoms with van der Waals surface area (Å²) in [7, 11) is 0. The van der Waals surface area contributed by atoms with Crippen molar-refractivity contribution in [2.75, 3.05) is 18.8 Å². The van der Waals surface area contributed by atoms with Gasteiger partial charge in [-0.25, -0.2) is 4.98 Å². The first-order chi connectivity index (χ1) is 8.72. The number of nitrogens with two attached hydrogens (primary N) is 2. The van der Waals surface area contributed by atoms with Gasteiger partial charge in [-0.1, -0.05) is 6.07 Å². The molecule has 2 heterocycles. The zero-order valence-electron chi connectivity index (χ0n) is 10.8. The van der Waals surface area contributed by atoms with Gasteiger partial charge in [0.15, 0.2) is 0 Å². The van der Waals surface area contributed by atoms with Gasteiger partial charge < -0.3 is 11.5 Å². The molecule has 4 nitrogen and oxygen atoms in total. The molecule has 0 spiro atoms. The summed E-state index contributed by atoms with van der Waals surface area (Å²) >= 11 is 0. The van der Waals surface area contributed by atoms with Crippen molar-refractivity contribution in [1.29, 1.82) is 0 Å². The third kappa shape index (κ3) is 2.35. The van der Waals surface area contributed by atoms with Crippen molar-refractivity contribution in [2.24, 2.45) is 5.73 Å². The zero-order valence-corrected chi connectivity index (χ0v) is 10.8. The molecular weight excluding hydrogens is 224 g/mol. The summed E-state index contributed by atoms with van der Waals surface area (Å²) in [6, 6.07) is 5.23. The van der Waals surface area contributed by atoms with E-state index in [9.17, 15) is 0 Å². The molecule has 2 fully saturated rings. The van der Waals surface area contributed by atoms with Crippen LogP contribution >= 0.6 is 0 Å². The molecule has 0 atom stereocenters. The molecule has 3 rings (SSSR count). The van der Waals surface area contributed by atoms with Gasteiger partial charge in [0.2, 0.25) is 0 Å². The average Bonchev–Trinajstić information content (AvgIpc) is 2.36. The van der Waals surface area contributed by atoms with Crippen LogP contribution in [0, 0.1) is 0 Å². The standard InChI is InChI=1S/C14H22N4/c15-12-8-18(9-12)13-4-1-10(2-5-13)11-3-6-14(16)17-7-11/h3,6-7,10,12-13H,1-2,4-5,8-9,15H2,(H2,16,17). The van der Waals surface area contributed by atoms with Crippen LogP contribution in [0.1, 0.15) is 37.2 Å². The van der Waals surface area contributed by atoms with Gasteiger partial charge in [-0.3, -0.25) is 4.90 Å². The SMILES string of the molecule is Nc1ccc(C2CCC(N3CC(N)C3)CC2)cn1. The van der Waals surface area contributed by atoms with Gasteiger partial charge in [0.25, 0.3) is 0 Å². The Kier molecular flexibility index (Phi) is 3.22. The van der Waals surface area contributed by atoms with Crippen LogP contribution in [0.15, 0.2) is 18.3 Å². The zero-order chi connectivity index (χ0) is 12.5. The summed E-state index contributed by atoms with van der Waals surface area (Å²) in [4.78, 5) is 6.74. The summed E-state index contributed by atoms with van der Waals surface area (Å²) in [5, 5.41) is 0. The molecule has 18 heavy (non-hydrogen) atoms. The predicted octanol–water partition coefficient (Wildman–Crippen LogP) is 1.33. The minimum absolute atomic E-state index is 0.420. The van der Waals surface area contributed by atoms with Crippen molar-refractivity contribution in [2.45, 2.75) is 43.7 Å². The molecule has 1 aromatic heterocycles. The lowest BCUT2D eigenvalue weighted by atomic mass is 9.81. The first-order valence-corrected chi connectivity index (χ1v) is 6.93. The van der Waals surface area contributed by atoms with Crippen LogP contribution in [-0.4, -0.2) is 35.1 Å². The topological polar surface area (TPSA) is 68.2 Å². The van der Waals surface area contributed by atoms with Gasteiger partial charge in [0, 0.05) is 31.4 Å². The van der Waals surface area contributed by atoms with E-state index >= 15 is 0 Å². The van der Waals surface area contributed by atoms with Crippen LogP contribution in [0.25, 0.3) is 0 Å². The van der Waals surface area contributed by atoms with Crippen LogP contribution in [0.2, 0.25) is 0 Å². The fourth-order valence-corrected chi connectivity index (χ4v) is 3.28. The summed E-state index contributed by atoms with van der Waals surface area (Å²) in [6.07, 6.45) is 7.06. The van der Waals surface area contributed by atoms with Gasteiger partial charge in [0.1, 0.15) is 5.82 Å². The first-order valence-electron chi connectivity index (χ1n) is 6.93. The van der Waals surface area contributed by atoms with Crippen LogP contribution in [0.5, 0.6) is 0 Å². The van der Waals surface area contributed by atoms with Crippen molar-refractivity contribution in [3.8, 4) is 0 Å². The van der Waals surface area contributed by atoms with Crippen LogP contribution in [-0.2, 0) is 0 Å². The fraction of sp³-hybridized carbons (Fsp3) is 0.643. The largest absolute Gasteiger partial charge is 0.384 e. The van der Waals surface area contributed by atoms with Crippen molar-refractivity contribution in [3.63, 3.8) is 0 Å². The molecular formula is C14H22N4. The maximum absolute atomic E-state index is 5.85. The average molecular weight is 246 g/mol. The number of pyridine rings is 1. The minimum atomic E-state index is 0.420. The second kappa shape index (κ2) is 4.86. The molecule has 0 radical (unpaired) electrons. The number of aromatic nitrogens is 1. The molecule has 4 heteroatoms. The lowest BCUT2D eigenvalue weighted by Crippen LogP contribution is -2.59. The molecule has 1 aromatic rings. The van der Waals surface area contributed by atoms with Gasteiger partial charge >= 0.3 is 0 Å². The number of rotatable bonds is 2. The highest BCUT2D eigenvalue weighted by Crippen LogP contribution is 2.35. The monoisotopic (exact) mass is 246 g/mol. The molecule has 98 valence electrons. The van der Waals surface area contributed by atoms with Gasteiger partial charge in [0.05, 0.1) is 0 Å². The Morgan fingerprint density at radius 1 is 1.11 bits per heavy atom. The van der Waals surface area contributed by atoms with E-state index in [0.717, 1.165) is 19.1 Å². The third-order valence-electron chi connectivity index (χ3n) is 4.43. The fourth-order valence-electron chi connectivity index (χ4n) is 3.28. The highest BCUT2D eigenvalue weighted by Gasteiger charge is 2.32. The van der Waals surface area contributed by atoms with E-state index in [4.69, 9.17) is 11.5 Å². The lowest BCUT2D eigenvalue weighted by molar-refractivity contribution is 0.0679. The highest BCUT2D eigenvalue weighted by atomic mass is 15.2. The summed E-state index contributed by atoms with van der Waals surface area (Å²) < 4.78 is 0. The normalized spacial score (nSPS) is 30.1. The van der Waals surface area contributed by atoms with E-state index < -0.39 is 0 Å². The van der Waals surface area contributed by atoms with E-state index in [-0.39, 0.29) is 0 Å². The predicted molar refractivity (Wildman–Crippen MR) is 73.2 cm³/mol. The van der Waals surface area contributed by atoms with Crippen LogP contribution < -0.4 is 11.5 Å². The molecule has 1 saturated carbocycles.